The molecule has 47 heavy (non-hydrogen) atoms. The summed E-state index contributed by atoms with van der Waals surface area (Å²) in [6.07, 6.45) is 10.3. The van der Waals surface area contributed by atoms with E-state index in [4.69, 9.17) is 0 Å². The molecule has 2 aliphatic heterocycles. The van der Waals surface area contributed by atoms with Crippen molar-refractivity contribution >= 4 is 72.7 Å². The standard InChI is InChI=1S/C39H38N2O6/c1-3-5-7-9-11-22(12-10-8-6-4-2)41-38(46)29-19-15-25-23-13-17-27-34-28(37(45)40(36(27)44)21-31(42)43)18-14-24(32(23)34)26-16-20-30(39(41)47)35(29)33(25)26/h13-20,22H,3-12,21H2,1-2H3,(H,42,43). The highest BCUT2D eigenvalue weighted by molar-refractivity contribution is 6.41. The van der Waals surface area contributed by atoms with Gasteiger partial charge in [0.2, 0.25) is 0 Å². The van der Waals surface area contributed by atoms with Crippen LogP contribution in [0.2, 0.25) is 0 Å². The van der Waals surface area contributed by atoms with Gasteiger partial charge in [0.1, 0.15) is 6.54 Å². The maximum atomic E-state index is 14.3. The second-order valence-electron chi connectivity index (χ2n) is 13.1. The van der Waals surface area contributed by atoms with Gasteiger partial charge in [0, 0.05) is 39.1 Å². The summed E-state index contributed by atoms with van der Waals surface area (Å²) in [5.74, 6) is -3.03. The lowest BCUT2D eigenvalue weighted by Gasteiger charge is -2.35. The fourth-order valence-electron chi connectivity index (χ4n) is 7.96. The molecule has 8 nitrogen and oxygen atoms in total. The third-order valence-corrected chi connectivity index (χ3v) is 10.2. The molecule has 0 spiro atoms. The Morgan fingerprint density at radius 2 is 0.936 bits per heavy atom. The number of carbonyl (C=O) groups is 5. The number of benzene rings is 5. The molecule has 1 N–H and O–H groups in total. The van der Waals surface area contributed by atoms with Gasteiger partial charge in [0.15, 0.2) is 0 Å². The minimum atomic E-state index is -1.27. The SMILES string of the molecule is CCCCCCC(CCCCCC)N1C(=O)c2ccc3c4ccc5c6c(ccc(c7ccc(c2c37)C1=O)c64)C(=O)N(CC(=O)O)C5=O. The van der Waals surface area contributed by atoms with Crippen LogP contribution in [0.4, 0.5) is 0 Å². The zero-order chi connectivity index (χ0) is 33.0. The van der Waals surface area contributed by atoms with Gasteiger partial charge in [0.25, 0.3) is 23.6 Å². The Kier molecular flexibility index (Phi) is 7.90. The van der Waals surface area contributed by atoms with Crippen LogP contribution in [0.5, 0.6) is 0 Å². The normalized spacial score (nSPS) is 14.7. The maximum absolute atomic E-state index is 14.3. The van der Waals surface area contributed by atoms with Crippen molar-refractivity contribution in [2.75, 3.05) is 6.54 Å². The highest BCUT2D eigenvalue weighted by Gasteiger charge is 2.39. The van der Waals surface area contributed by atoms with E-state index in [-0.39, 0.29) is 29.0 Å². The number of carbonyl (C=O) groups excluding carboxylic acids is 4. The topological polar surface area (TPSA) is 112 Å². The molecule has 5 aromatic carbocycles. The summed E-state index contributed by atoms with van der Waals surface area (Å²) in [7, 11) is 0. The fourth-order valence-corrected chi connectivity index (χ4v) is 7.96. The summed E-state index contributed by atoms with van der Waals surface area (Å²) in [6, 6.07) is 14.3. The first-order valence-electron chi connectivity index (χ1n) is 16.9. The van der Waals surface area contributed by atoms with Gasteiger partial charge in [-0.25, -0.2) is 0 Å². The zero-order valence-corrected chi connectivity index (χ0v) is 26.9. The van der Waals surface area contributed by atoms with Crippen LogP contribution in [0, 0.1) is 0 Å². The number of unbranched alkanes of at least 4 members (excludes halogenated alkanes) is 6. The van der Waals surface area contributed by atoms with Crippen molar-refractivity contribution in [3.05, 3.63) is 70.8 Å². The summed E-state index contributed by atoms with van der Waals surface area (Å²) in [5.41, 5.74) is 1.60. The van der Waals surface area contributed by atoms with Crippen molar-refractivity contribution in [3.63, 3.8) is 0 Å². The predicted molar refractivity (Wildman–Crippen MR) is 182 cm³/mol. The Labute approximate surface area is 272 Å². The summed E-state index contributed by atoms with van der Waals surface area (Å²) in [5, 5.41) is 15.3. The quantitative estimate of drug-likeness (QED) is 0.0606. The average Bonchev–Trinajstić information content (AvgIpc) is 3.07. The minimum absolute atomic E-state index is 0.146. The van der Waals surface area contributed by atoms with E-state index in [1.165, 1.54) is 0 Å². The molecule has 2 aliphatic rings. The monoisotopic (exact) mass is 630 g/mol. The highest BCUT2D eigenvalue weighted by Crippen LogP contribution is 2.46. The van der Waals surface area contributed by atoms with Crippen LogP contribution < -0.4 is 0 Å². The van der Waals surface area contributed by atoms with Crippen LogP contribution in [-0.2, 0) is 4.79 Å². The van der Waals surface area contributed by atoms with Gasteiger partial charge < -0.3 is 5.11 Å². The van der Waals surface area contributed by atoms with Crippen LogP contribution in [-0.4, -0.2) is 57.1 Å². The molecule has 5 aromatic rings. The first kappa shape index (κ1) is 30.8. The number of hydrogen-bond donors (Lipinski definition) is 1. The smallest absolute Gasteiger partial charge is 0.323 e. The molecule has 0 saturated carbocycles. The number of nitrogens with zero attached hydrogens (tertiary/aromatic N) is 2. The third-order valence-electron chi connectivity index (χ3n) is 10.2. The molecule has 4 amide bonds. The molecule has 8 heteroatoms. The van der Waals surface area contributed by atoms with E-state index in [1.54, 1.807) is 17.0 Å². The maximum Gasteiger partial charge on any atom is 0.323 e. The Morgan fingerprint density at radius 1 is 0.553 bits per heavy atom. The molecular formula is C39H38N2O6. The summed E-state index contributed by atoms with van der Waals surface area (Å²) in [4.78, 5) is 69.1. The molecular weight excluding hydrogens is 592 g/mol. The van der Waals surface area contributed by atoms with E-state index in [0.29, 0.717) is 21.9 Å². The van der Waals surface area contributed by atoms with Crippen LogP contribution in [0.3, 0.4) is 0 Å². The molecule has 7 rings (SSSR count). The first-order valence-corrected chi connectivity index (χ1v) is 16.9. The van der Waals surface area contributed by atoms with Crippen molar-refractivity contribution in [2.24, 2.45) is 0 Å². The Bertz CT molecular complexity index is 2000. The zero-order valence-electron chi connectivity index (χ0n) is 26.9. The van der Waals surface area contributed by atoms with Crippen molar-refractivity contribution in [1.82, 2.24) is 9.80 Å². The minimum Gasteiger partial charge on any atom is -0.480 e. The van der Waals surface area contributed by atoms with Gasteiger partial charge in [-0.05, 0) is 69.4 Å². The molecule has 0 bridgehead atoms. The lowest BCUT2D eigenvalue weighted by molar-refractivity contribution is -0.137. The van der Waals surface area contributed by atoms with E-state index >= 15 is 0 Å². The number of aliphatic carboxylic acids is 1. The van der Waals surface area contributed by atoms with Crippen molar-refractivity contribution in [1.29, 1.82) is 0 Å². The molecule has 0 saturated heterocycles. The highest BCUT2D eigenvalue weighted by atomic mass is 16.4. The molecule has 0 aromatic heterocycles. The summed E-state index contributed by atoms with van der Waals surface area (Å²) in [6.45, 7) is 3.64. The van der Waals surface area contributed by atoms with Crippen LogP contribution in [0.15, 0.2) is 48.5 Å². The molecule has 0 radical (unpaired) electrons. The number of imide groups is 2. The molecule has 0 fully saturated rings. The number of rotatable bonds is 13. The Hall–Kier alpha value is -4.85. The van der Waals surface area contributed by atoms with Gasteiger partial charge in [-0.2, -0.15) is 0 Å². The lowest BCUT2D eigenvalue weighted by Crippen LogP contribution is -2.47. The molecule has 240 valence electrons. The van der Waals surface area contributed by atoms with Crippen LogP contribution >= 0.6 is 0 Å². The van der Waals surface area contributed by atoms with E-state index in [9.17, 15) is 29.1 Å². The molecule has 2 heterocycles. The Balaban J connectivity index is 1.38. The van der Waals surface area contributed by atoms with Crippen LogP contribution in [0.1, 0.15) is 119 Å². The van der Waals surface area contributed by atoms with E-state index in [2.05, 4.69) is 13.8 Å². The molecule has 0 unspecified atom stereocenters. The van der Waals surface area contributed by atoms with Gasteiger partial charge in [0.05, 0.1) is 0 Å². The number of fused-ring (bicyclic) bond motifs is 2. The fraction of sp³-hybridized carbons (Fsp3) is 0.359. The van der Waals surface area contributed by atoms with Crippen LogP contribution in [0.25, 0.3) is 43.1 Å². The first-order chi connectivity index (χ1) is 22.8. The lowest BCUT2D eigenvalue weighted by atomic mass is 9.82. The van der Waals surface area contributed by atoms with Gasteiger partial charge in [-0.1, -0.05) is 89.5 Å². The largest absolute Gasteiger partial charge is 0.480 e. The second-order valence-corrected chi connectivity index (χ2v) is 13.1. The predicted octanol–water partition coefficient (Wildman–Crippen LogP) is 8.32. The number of carboxylic acids is 1. The van der Waals surface area contributed by atoms with Gasteiger partial charge in [-0.15, -0.1) is 0 Å². The van der Waals surface area contributed by atoms with Crippen molar-refractivity contribution in [3.8, 4) is 0 Å². The van der Waals surface area contributed by atoms with Crippen molar-refractivity contribution in [2.45, 2.75) is 84.1 Å². The van der Waals surface area contributed by atoms with E-state index in [0.717, 1.165) is 101 Å². The second kappa shape index (κ2) is 12.1. The van der Waals surface area contributed by atoms with Gasteiger partial charge >= 0.3 is 5.97 Å². The average molecular weight is 631 g/mol. The Morgan fingerprint density at radius 3 is 1.30 bits per heavy atom. The van der Waals surface area contributed by atoms with E-state index in [1.807, 2.05) is 36.4 Å². The number of carboxylic acid groups (broad SMARTS) is 1. The number of hydrogen-bond acceptors (Lipinski definition) is 5. The number of amides is 4. The third kappa shape index (κ3) is 4.76. The van der Waals surface area contributed by atoms with Crippen molar-refractivity contribution < 1.29 is 29.1 Å². The van der Waals surface area contributed by atoms with E-state index < -0.39 is 24.3 Å². The summed E-state index contributed by atoms with van der Waals surface area (Å²) < 4.78 is 0. The molecule has 0 aliphatic carbocycles. The summed E-state index contributed by atoms with van der Waals surface area (Å²) >= 11 is 0. The molecule has 0 atom stereocenters. The van der Waals surface area contributed by atoms with Gasteiger partial charge in [-0.3, -0.25) is 33.8 Å².